The Morgan fingerprint density at radius 2 is 1.86 bits per heavy atom. The van der Waals surface area contributed by atoms with E-state index in [0.717, 1.165) is 19.0 Å². The van der Waals surface area contributed by atoms with Crippen LogP contribution in [0.2, 0.25) is 0 Å². The Morgan fingerprint density at radius 1 is 1.14 bits per heavy atom. The molecule has 5 nitrogen and oxygen atoms in total. The summed E-state index contributed by atoms with van der Waals surface area (Å²) in [5.41, 5.74) is 0.608. The third-order valence-corrected chi connectivity index (χ3v) is 6.50. The van der Waals surface area contributed by atoms with Crippen molar-refractivity contribution in [1.29, 1.82) is 0 Å². The Labute approximate surface area is 177 Å². The quantitative estimate of drug-likeness (QED) is 0.691. The van der Waals surface area contributed by atoms with Gasteiger partial charge in [-0.05, 0) is 62.4 Å². The molecule has 1 aliphatic rings. The molecule has 1 aromatic heterocycles. The van der Waals surface area contributed by atoms with Crippen LogP contribution in [-0.4, -0.2) is 42.4 Å². The minimum absolute atomic E-state index is 0.0298. The second kappa shape index (κ2) is 10.6. The molecule has 0 spiro atoms. The highest BCUT2D eigenvalue weighted by molar-refractivity contribution is 7.10. The molecule has 2 aromatic rings. The lowest BCUT2D eigenvalue weighted by Gasteiger charge is -2.36. The number of piperidine rings is 1. The van der Waals surface area contributed by atoms with Gasteiger partial charge in [-0.2, -0.15) is 0 Å². The van der Waals surface area contributed by atoms with E-state index < -0.39 is 0 Å². The standard InChI is InChI=1S/C23H31N3O2S/c1-17-10-12-26(13-11-17)20(21-9-6-14-29-21)16-24-22(27)15-18(2)25-23(28)19-7-4-3-5-8-19/h3-9,14,17-18,20H,10-13,15-16H2,1-2H3,(H,24,27)(H,25,28)/t18-,20-/m0/s1. The number of nitrogens with zero attached hydrogens (tertiary/aromatic N) is 1. The number of carbonyl (C=O) groups excluding carboxylic acids is 2. The predicted octanol–water partition coefficient (Wildman–Crippen LogP) is 3.85. The predicted molar refractivity (Wildman–Crippen MR) is 118 cm³/mol. The van der Waals surface area contributed by atoms with Gasteiger partial charge >= 0.3 is 0 Å². The number of carbonyl (C=O) groups is 2. The fourth-order valence-electron chi connectivity index (χ4n) is 3.74. The maximum Gasteiger partial charge on any atom is 0.251 e. The van der Waals surface area contributed by atoms with Crippen molar-refractivity contribution >= 4 is 23.2 Å². The zero-order valence-corrected chi connectivity index (χ0v) is 18.1. The number of likely N-dealkylation sites (tertiary alicyclic amines) is 1. The molecule has 0 unspecified atom stereocenters. The van der Waals surface area contributed by atoms with Crippen LogP contribution in [0.1, 0.15) is 54.4 Å². The monoisotopic (exact) mass is 413 g/mol. The van der Waals surface area contributed by atoms with Gasteiger partial charge in [0.15, 0.2) is 0 Å². The summed E-state index contributed by atoms with van der Waals surface area (Å²) in [7, 11) is 0. The first-order valence-electron chi connectivity index (χ1n) is 10.4. The number of rotatable bonds is 8. The van der Waals surface area contributed by atoms with E-state index in [0.29, 0.717) is 12.1 Å². The van der Waals surface area contributed by atoms with Gasteiger partial charge in [-0.15, -0.1) is 11.3 Å². The molecule has 2 N–H and O–H groups in total. The smallest absolute Gasteiger partial charge is 0.251 e. The number of nitrogens with one attached hydrogen (secondary N) is 2. The van der Waals surface area contributed by atoms with Crippen molar-refractivity contribution in [3.8, 4) is 0 Å². The molecule has 6 heteroatoms. The first-order chi connectivity index (χ1) is 14.0. The summed E-state index contributed by atoms with van der Waals surface area (Å²) in [6.45, 7) is 6.92. The molecule has 1 aliphatic heterocycles. The molecule has 2 atom stereocenters. The Kier molecular flexibility index (Phi) is 7.83. The molecule has 156 valence electrons. The van der Waals surface area contributed by atoms with E-state index in [1.165, 1.54) is 17.7 Å². The summed E-state index contributed by atoms with van der Waals surface area (Å²) in [4.78, 5) is 28.5. The summed E-state index contributed by atoms with van der Waals surface area (Å²) in [6, 6.07) is 13.3. The fraction of sp³-hybridized carbons (Fsp3) is 0.478. The molecule has 29 heavy (non-hydrogen) atoms. The van der Waals surface area contributed by atoms with E-state index in [-0.39, 0.29) is 30.3 Å². The Hall–Kier alpha value is -2.18. The summed E-state index contributed by atoms with van der Waals surface area (Å²) in [5.74, 6) is 0.599. The third-order valence-electron chi connectivity index (χ3n) is 5.53. The van der Waals surface area contributed by atoms with Gasteiger partial charge in [-0.1, -0.05) is 31.2 Å². The first-order valence-corrected chi connectivity index (χ1v) is 11.3. The Balaban J connectivity index is 1.50. The van der Waals surface area contributed by atoms with Gasteiger partial charge in [-0.3, -0.25) is 14.5 Å². The van der Waals surface area contributed by atoms with Crippen LogP contribution in [0.5, 0.6) is 0 Å². The maximum atomic E-state index is 12.5. The van der Waals surface area contributed by atoms with Gasteiger partial charge in [0.25, 0.3) is 5.91 Å². The van der Waals surface area contributed by atoms with Gasteiger partial charge in [0, 0.05) is 29.4 Å². The lowest BCUT2D eigenvalue weighted by Crippen LogP contribution is -2.43. The molecule has 2 amide bonds. The normalized spacial score (nSPS) is 17.4. The number of thiophene rings is 1. The third kappa shape index (κ3) is 6.41. The lowest BCUT2D eigenvalue weighted by molar-refractivity contribution is -0.121. The van der Waals surface area contributed by atoms with E-state index in [4.69, 9.17) is 0 Å². The van der Waals surface area contributed by atoms with E-state index >= 15 is 0 Å². The largest absolute Gasteiger partial charge is 0.354 e. The highest BCUT2D eigenvalue weighted by Gasteiger charge is 2.26. The first kappa shape index (κ1) is 21.5. The van der Waals surface area contributed by atoms with Crippen LogP contribution in [0.3, 0.4) is 0 Å². The van der Waals surface area contributed by atoms with E-state index in [1.807, 2.05) is 25.1 Å². The van der Waals surface area contributed by atoms with Crippen molar-refractivity contribution in [2.75, 3.05) is 19.6 Å². The molecular weight excluding hydrogens is 382 g/mol. The minimum atomic E-state index is -0.223. The van der Waals surface area contributed by atoms with Crippen LogP contribution in [0, 0.1) is 5.92 Å². The van der Waals surface area contributed by atoms with E-state index in [1.54, 1.807) is 23.5 Å². The molecule has 0 saturated carbocycles. The highest BCUT2D eigenvalue weighted by atomic mass is 32.1. The molecule has 2 heterocycles. The molecule has 0 aliphatic carbocycles. The molecule has 0 radical (unpaired) electrons. The van der Waals surface area contributed by atoms with Crippen LogP contribution in [-0.2, 0) is 4.79 Å². The van der Waals surface area contributed by atoms with Gasteiger partial charge < -0.3 is 10.6 Å². The summed E-state index contributed by atoms with van der Waals surface area (Å²) >= 11 is 1.75. The van der Waals surface area contributed by atoms with Crippen molar-refractivity contribution in [2.24, 2.45) is 5.92 Å². The number of benzene rings is 1. The second-order valence-electron chi connectivity index (χ2n) is 8.00. The van der Waals surface area contributed by atoms with Crippen LogP contribution in [0.4, 0.5) is 0 Å². The van der Waals surface area contributed by atoms with E-state index in [2.05, 4.69) is 40.0 Å². The van der Waals surface area contributed by atoms with Crippen molar-refractivity contribution in [3.63, 3.8) is 0 Å². The molecule has 0 bridgehead atoms. The Morgan fingerprint density at radius 3 is 2.52 bits per heavy atom. The second-order valence-corrected chi connectivity index (χ2v) is 8.98. The molecule has 1 saturated heterocycles. The van der Waals surface area contributed by atoms with Crippen LogP contribution in [0.15, 0.2) is 47.8 Å². The highest BCUT2D eigenvalue weighted by Crippen LogP contribution is 2.29. The van der Waals surface area contributed by atoms with Crippen molar-refractivity contribution in [1.82, 2.24) is 15.5 Å². The SMILES string of the molecule is CC1CCN([C@@H](CNC(=O)C[C@H](C)NC(=O)c2ccccc2)c2cccs2)CC1. The van der Waals surface area contributed by atoms with Gasteiger partial charge in [-0.25, -0.2) is 0 Å². The van der Waals surface area contributed by atoms with Crippen LogP contribution in [0.25, 0.3) is 0 Å². The zero-order chi connectivity index (χ0) is 20.6. The van der Waals surface area contributed by atoms with Gasteiger partial charge in [0.2, 0.25) is 5.91 Å². The van der Waals surface area contributed by atoms with Crippen molar-refractivity contribution in [3.05, 3.63) is 58.3 Å². The average Bonchev–Trinajstić information content (AvgIpc) is 3.24. The fourth-order valence-corrected chi connectivity index (χ4v) is 4.60. The van der Waals surface area contributed by atoms with Crippen molar-refractivity contribution in [2.45, 2.75) is 45.2 Å². The molecule has 3 rings (SSSR count). The lowest BCUT2D eigenvalue weighted by atomic mass is 9.97. The summed E-state index contributed by atoms with van der Waals surface area (Å²) < 4.78 is 0. The minimum Gasteiger partial charge on any atom is -0.354 e. The maximum absolute atomic E-state index is 12.5. The topological polar surface area (TPSA) is 61.4 Å². The number of hydrogen-bond acceptors (Lipinski definition) is 4. The average molecular weight is 414 g/mol. The molecule has 1 fully saturated rings. The van der Waals surface area contributed by atoms with Crippen LogP contribution >= 0.6 is 11.3 Å². The number of hydrogen-bond donors (Lipinski definition) is 2. The zero-order valence-electron chi connectivity index (χ0n) is 17.3. The van der Waals surface area contributed by atoms with E-state index in [9.17, 15) is 9.59 Å². The van der Waals surface area contributed by atoms with Gasteiger partial charge in [0.05, 0.1) is 6.04 Å². The Bertz CT molecular complexity index is 771. The number of amides is 2. The molecule has 1 aromatic carbocycles. The summed E-state index contributed by atoms with van der Waals surface area (Å²) in [5, 5.41) is 8.10. The van der Waals surface area contributed by atoms with Gasteiger partial charge in [0.1, 0.15) is 0 Å². The summed E-state index contributed by atoms with van der Waals surface area (Å²) in [6.07, 6.45) is 2.68. The molecular formula is C23H31N3O2S. The van der Waals surface area contributed by atoms with Crippen molar-refractivity contribution < 1.29 is 9.59 Å². The van der Waals surface area contributed by atoms with Crippen LogP contribution < -0.4 is 10.6 Å².